The number of hydrogen-bond acceptors (Lipinski definition) is 2. The maximum atomic E-state index is 11.3. The zero-order chi connectivity index (χ0) is 14.9. The number of halogens is 1. The van der Waals surface area contributed by atoms with Crippen LogP contribution in [0.15, 0.2) is 28.7 Å². The molecule has 0 fully saturated rings. The number of rotatable bonds is 3. The molecular weight excluding hydrogens is 318 g/mol. The molecule has 0 saturated heterocycles. The van der Waals surface area contributed by atoms with Gasteiger partial charge >= 0.3 is 5.97 Å². The van der Waals surface area contributed by atoms with E-state index >= 15 is 0 Å². The largest absolute Gasteiger partial charge is 0.477 e. The first-order valence-corrected chi connectivity index (χ1v) is 7.24. The molecule has 0 atom stereocenters. The Morgan fingerprint density at radius 2 is 1.85 bits per heavy atom. The van der Waals surface area contributed by atoms with Crippen molar-refractivity contribution in [2.45, 2.75) is 27.2 Å². The number of nitrogens with zero attached hydrogens (tertiary/aromatic N) is 1. The predicted molar refractivity (Wildman–Crippen MR) is 83.2 cm³/mol. The third-order valence-electron chi connectivity index (χ3n) is 3.44. The SMILES string of the molecule is CCc1c(C)nc(C(=O)O)c(C)c1-c1ccc(Br)cc1. The highest BCUT2D eigenvalue weighted by molar-refractivity contribution is 9.10. The molecule has 4 heteroatoms. The highest BCUT2D eigenvalue weighted by Gasteiger charge is 2.19. The Labute approximate surface area is 126 Å². The van der Waals surface area contributed by atoms with Crippen molar-refractivity contribution in [2.24, 2.45) is 0 Å². The summed E-state index contributed by atoms with van der Waals surface area (Å²) in [5.41, 5.74) is 4.77. The molecule has 104 valence electrons. The van der Waals surface area contributed by atoms with E-state index in [-0.39, 0.29) is 5.69 Å². The van der Waals surface area contributed by atoms with Gasteiger partial charge in [0.25, 0.3) is 0 Å². The van der Waals surface area contributed by atoms with Gasteiger partial charge in [-0.05, 0) is 54.7 Å². The summed E-state index contributed by atoms with van der Waals surface area (Å²) in [6.45, 7) is 5.76. The van der Waals surface area contributed by atoms with Gasteiger partial charge in [-0.25, -0.2) is 9.78 Å². The normalized spacial score (nSPS) is 10.6. The third-order valence-corrected chi connectivity index (χ3v) is 3.97. The molecule has 0 spiro atoms. The topological polar surface area (TPSA) is 50.2 Å². The number of aromatic nitrogens is 1. The van der Waals surface area contributed by atoms with E-state index in [0.29, 0.717) is 0 Å². The van der Waals surface area contributed by atoms with Crippen molar-refractivity contribution < 1.29 is 9.90 Å². The van der Waals surface area contributed by atoms with E-state index in [2.05, 4.69) is 27.8 Å². The fourth-order valence-corrected chi connectivity index (χ4v) is 2.76. The molecule has 0 aliphatic heterocycles. The van der Waals surface area contributed by atoms with Crippen molar-refractivity contribution >= 4 is 21.9 Å². The Hall–Kier alpha value is -1.68. The third kappa shape index (κ3) is 2.61. The van der Waals surface area contributed by atoms with Gasteiger partial charge in [0.15, 0.2) is 5.69 Å². The minimum absolute atomic E-state index is 0.137. The van der Waals surface area contributed by atoms with E-state index in [1.54, 1.807) is 0 Å². The maximum absolute atomic E-state index is 11.3. The van der Waals surface area contributed by atoms with Gasteiger partial charge in [-0.15, -0.1) is 0 Å². The summed E-state index contributed by atoms with van der Waals surface area (Å²) in [5.74, 6) is -0.980. The van der Waals surface area contributed by atoms with Crippen LogP contribution < -0.4 is 0 Å². The second kappa shape index (κ2) is 5.75. The Balaban J connectivity index is 2.78. The lowest BCUT2D eigenvalue weighted by molar-refractivity contribution is 0.0689. The van der Waals surface area contributed by atoms with Crippen molar-refractivity contribution in [3.8, 4) is 11.1 Å². The molecule has 1 N–H and O–H groups in total. The van der Waals surface area contributed by atoms with Crippen LogP contribution in [0.4, 0.5) is 0 Å². The van der Waals surface area contributed by atoms with Crippen molar-refractivity contribution in [1.29, 1.82) is 0 Å². The van der Waals surface area contributed by atoms with Crippen LogP contribution in [0.3, 0.4) is 0 Å². The van der Waals surface area contributed by atoms with Gasteiger partial charge in [-0.1, -0.05) is 35.0 Å². The molecule has 1 aromatic carbocycles. The zero-order valence-corrected chi connectivity index (χ0v) is 13.3. The summed E-state index contributed by atoms with van der Waals surface area (Å²) in [6, 6.07) is 7.92. The summed E-state index contributed by atoms with van der Waals surface area (Å²) in [5, 5.41) is 9.30. The maximum Gasteiger partial charge on any atom is 0.354 e. The number of carbonyl (C=O) groups is 1. The molecule has 0 saturated carbocycles. The van der Waals surface area contributed by atoms with E-state index in [1.165, 1.54) is 0 Å². The summed E-state index contributed by atoms with van der Waals surface area (Å²) in [7, 11) is 0. The van der Waals surface area contributed by atoms with Crippen LogP contribution >= 0.6 is 15.9 Å². The number of aromatic carboxylic acids is 1. The van der Waals surface area contributed by atoms with Crippen LogP contribution in [0.5, 0.6) is 0 Å². The van der Waals surface area contributed by atoms with Crippen LogP contribution in [-0.2, 0) is 6.42 Å². The Kier molecular flexibility index (Phi) is 4.23. The molecule has 2 rings (SSSR count). The quantitative estimate of drug-likeness (QED) is 0.906. The summed E-state index contributed by atoms with van der Waals surface area (Å²) in [6.07, 6.45) is 0.824. The lowest BCUT2D eigenvalue weighted by atomic mass is 9.92. The molecule has 0 bridgehead atoms. The Morgan fingerprint density at radius 1 is 1.25 bits per heavy atom. The second-order valence-electron chi connectivity index (χ2n) is 4.69. The van der Waals surface area contributed by atoms with E-state index in [1.807, 2.05) is 38.1 Å². The molecule has 0 amide bonds. The summed E-state index contributed by atoms with van der Waals surface area (Å²) < 4.78 is 1.00. The lowest BCUT2D eigenvalue weighted by Gasteiger charge is -2.16. The van der Waals surface area contributed by atoms with Crippen LogP contribution in [0.1, 0.15) is 34.2 Å². The average Bonchev–Trinajstić information content (AvgIpc) is 2.41. The van der Waals surface area contributed by atoms with Gasteiger partial charge in [-0.3, -0.25) is 0 Å². The van der Waals surface area contributed by atoms with Gasteiger partial charge in [0.2, 0.25) is 0 Å². The molecule has 20 heavy (non-hydrogen) atoms. The standard InChI is InChI=1S/C16H16BrNO2/c1-4-13-10(3)18-15(16(19)20)9(2)14(13)11-5-7-12(17)8-6-11/h5-8H,4H2,1-3H3,(H,19,20). The fourth-order valence-electron chi connectivity index (χ4n) is 2.49. The van der Waals surface area contributed by atoms with Gasteiger partial charge in [0, 0.05) is 10.2 Å². The molecule has 0 aliphatic rings. The van der Waals surface area contributed by atoms with Crippen LogP contribution in [0, 0.1) is 13.8 Å². The Morgan fingerprint density at radius 3 is 2.35 bits per heavy atom. The monoisotopic (exact) mass is 333 g/mol. The minimum atomic E-state index is -0.980. The molecule has 0 unspecified atom stereocenters. The summed E-state index contributed by atoms with van der Waals surface area (Å²) in [4.78, 5) is 15.6. The van der Waals surface area contributed by atoms with Crippen LogP contribution in [-0.4, -0.2) is 16.1 Å². The zero-order valence-electron chi connectivity index (χ0n) is 11.7. The van der Waals surface area contributed by atoms with Gasteiger partial charge < -0.3 is 5.11 Å². The number of carboxylic acid groups (broad SMARTS) is 1. The number of benzene rings is 1. The molecule has 1 aromatic heterocycles. The van der Waals surface area contributed by atoms with Gasteiger partial charge in [0.1, 0.15) is 0 Å². The fraction of sp³-hybridized carbons (Fsp3) is 0.250. The van der Waals surface area contributed by atoms with Crippen LogP contribution in [0.2, 0.25) is 0 Å². The van der Waals surface area contributed by atoms with Crippen molar-refractivity contribution in [1.82, 2.24) is 4.98 Å². The molecule has 1 heterocycles. The van der Waals surface area contributed by atoms with Crippen molar-refractivity contribution in [3.63, 3.8) is 0 Å². The first-order chi connectivity index (χ1) is 9.45. The average molecular weight is 334 g/mol. The number of aryl methyl sites for hydroxylation is 1. The summed E-state index contributed by atoms with van der Waals surface area (Å²) >= 11 is 3.42. The number of pyridine rings is 1. The van der Waals surface area contributed by atoms with Crippen molar-refractivity contribution in [3.05, 3.63) is 51.3 Å². The highest BCUT2D eigenvalue weighted by Crippen LogP contribution is 2.32. The Bertz CT molecular complexity index is 663. The first-order valence-electron chi connectivity index (χ1n) is 6.45. The smallest absolute Gasteiger partial charge is 0.354 e. The predicted octanol–water partition coefficient (Wildman–Crippen LogP) is 4.39. The van der Waals surface area contributed by atoms with Crippen molar-refractivity contribution in [2.75, 3.05) is 0 Å². The minimum Gasteiger partial charge on any atom is -0.477 e. The van der Waals surface area contributed by atoms with E-state index in [0.717, 1.165) is 38.8 Å². The molecule has 2 aromatic rings. The van der Waals surface area contributed by atoms with Crippen LogP contribution in [0.25, 0.3) is 11.1 Å². The lowest BCUT2D eigenvalue weighted by Crippen LogP contribution is -2.09. The number of carboxylic acids is 1. The van der Waals surface area contributed by atoms with E-state index in [9.17, 15) is 9.90 Å². The molecule has 3 nitrogen and oxygen atoms in total. The van der Waals surface area contributed by atoms with E-state index < -0.39 is 5.97 Å². The van der Waals surface area contributed by atoms with Gasteiger partial charge in [-0.2, -0.15) is 0 Å². The molecular formula is C16H16BrNO2. The van der Waals surface area contributed by atoms with Gasteiger partial charge in [0.05, 0.1) is 0 Å². The van der Waals surface area contributed by atoms with E-state index in [4.69, 9.17) is 0 Å². The first kappa shape index (κ1) is 14.7. The highest BCUT2D eigenvalue weighted by atomic mass is 79.9. The molecule has 0 radical (unpaired) electrons. The molecule has 0 aliphatic carbocycles. The second-order valence-corrected chi connectivity index (χ2v) is 5.61. The number of hydrogen-bond donors (Lipinski definition) is 1.